The zero-order valence-electron chi connectivity index (χ0n) is 13.0. The first-order valence-electron chi connectivity index (χ1n) is 7.21. The molecule has 0 aliphatic heterocycles. The second-order valence-electron chi connectivity index (χ2n) is 4.76. The van der Waals surface area contributed by atoms with Crippen molar-refractivity contribution in [2.75, 3.05) is 17.7 Å². The van der Waals surface area contributed by atoms with E-state index in [0.717, 1.165) is 0 Å². The number of esters is 1. The Kier molecular flexibility index (Phi) is 6.20. The van der Waals surface area contributed by atoms with E-state index in [1.165, 1.54) is 30.3 Å². The van der Waals surface area contributed by atoms with Crippen molar-refractivity contribution in [1.29, 1.82) is 0 Å². The smallest absolute Gasteiger partial charge is 0.339 e. The highest BCUT2D eigenvalue weighted by Crippen LogP contribution is 2.15. The molecule has 7 heteroatoms. The molecule has 0 saturated heterocycles. The van der Waals surface area contributed by atoms with Crippen LogP contribution in [0, 0.1) is 5.82 Å². The van der Waals surface area contributed by atoms with Gasteiger partial charge in [-0.1, -0.05) is 19.1 Å². The Balaban J connectivity index is 1.97. The third kappa shape index (κ3) is 4.73. The first kappa shape index (κ1) is 17.8. The van der Waals surface area contributed by atoms with Crippen LogP contribution in [0.25, 0.3) is 0 Å². The van der Waals surface area contributed by atoms with E-state index in [4.69, 9.17) is 4.74 Å². The molecule has 1 atom stereocenters. The van der Waals surface area contributed by atoms with Crippen LogP contribution in [0.5, 0.6) is 0 Å². The lowest BCUT2D eigenvalue weighted by atomic mass is 10.2. The molecule has 126 valence electrons. The van der Waals surface area contributed by atoms with Gasteiger partial charge in [-0.25, -0.2) is 9.18 Å². The van der Waals surface area contributed by atoms with Crippen LogP contribution in [-0.4, -0.2) is 28.4 Å². The van der Waals surface area contributed by atoms with Crippen LogP contribution < -0.4 is 5.32 Å². The van der Waals surface area contributed by atoms with Crippen molar-refractivity contribution in [2.24, 2.45) is 0 Å². The van der Waals surface area contributed by atoms with E-state index in [0.29, 0.717) is 16.3 Å². The number of rotatable bonds is 6. The number of ether oxygens (including phenoxy) is 1. The summed E-state index contributed by atoms with van der Waals surface area (Å²) < 4.78 is 29.7. The number of hydrogen-bond donors (Lipinski definition) is 1. The number of benzene rings is 2. The van der Waals surface area contributed by atoms with Gasteiger partial charge in [0.15, 0.2) is 6.61 Å². The zero-order valence-corrected chi connectivity index (χ0v) is 13.8. The van der Waals surface area contributed by atoms with Crippen LogP contribution in [-0.2, 0) is 20.3 Å². The molecule has 24 heavy (non-hydrogen) atoms. The average molecular weight is 349 g/mol. The highest BCUT2D eigenvalue weighted by molar-refractivity contribution is 7.85. The highest BCUT2D eigenvalue weighted by atomic mass is 32.2. The molecule has 0 saturated carbocycles. The topological polar surface area (TPSA) is 72.5 Å². The van der Waals surface area contributed by atoms with E-state index >= 15 is 0 Å². The van der Waals surface area contributed by atoms with Crippen molar-refractivity contribution in [3.05, 3.63) is 59.9 Å². The molecule has 0 unspecified atom stereocenters. The Morgan fingerprint density at radius 3 is 2.46 bits per heavy atom. The fourth-order valence-electron chi connectivity index (χ4n) is 1.93. The highest BCUT2D eigenvalue weighted by Gasteiger charge is 2.17. The van der Waals surface area contributed by atoms with Crippen molar-refractivity contribution in [2.45, 2.75) is 11.8 Å². The first-order valence-corrected chi connectivity index (χ1v) is 8.53. The molecular weight excluding hydrogens is 333 g/mol. The van der Waals surface area contributed by atoms with Gasteiger partial charge < -0.3 is 10.1 Å². The van der Waals surface area contributed by atoms with Crippen molar-refractivity contribution in [1.82, 2.24) is 0 Å². The third-order valence-electron chi connectivity index (χ3n) is 3.08. The van der Waals surface area contributed by atoms with E-state index in [1.807, 2.05) is 0 Å². The van der Waals surface area contributed by atoms with Crippen molar-refractivity contribution < 1.29 is 22.9 Å². The fraction of sp³-hybridized carbons (Fsp3) is 0.176. The maximum atomic E-state index is 12.8. The summed E-state index contributed by atoms with van der Waals surface area (Å²) in [6, 6.07) is 11.6. The Labute approximate surface area is 141 Å². The number of hydrogen-bond acceptors (Lipinski definition) is 4. The van der Waals surface area contributed by atoms with Crippen LogP contribution in [0.1, 0.15) is 17.3 Å². The summed E-state index contributed by atoms with van der Waals surface area (Å²) in [5.74, 6) is -1.32. The molecule has 5 nitrogen and oxygen atoms in total. The molecule has 0 aliphatic carbocycles. The van der Waals surface area contributed by atoms with Gasteiger partial charge in [-0.2, -0.15) is 0 Å². The standard InChI is InChI=1S/C17H16FNO4S/c1-2-24(22)15-6-4-3-5-14(15)17(21)23-11-16(20)19-13-9-7-12(18)8-10-13/h3-10H,2,11H2,1H3,(H,19,20)/t24-/m0/s1. The predicted octanol–water partition coefficient (Wildman–Crippen LogP) is 2.75. The van der Waals surface area contributed by atoms with Gasteiger partial charge in [0.05, 0.1) is 21.3 Å². The Bertz CT molecular complexity index is 761. The zero-order chi connectivity index (χ0) is 17.5. The van der Waals surface area contributed by atoms with E-state index in [-0.39, 0.29) is 5.56 Å². The molecule has 0 heterocycles. The molecule has 0 radical (unpaired) electrons. The predicted molar refractivity (Wildman–Crippen MR) is 88.7 cm³/mol. The van der Waals surface area contributed by atoms with Gasteiger partial charge in [-0.15, -0.1) is 0 Å². The number of halogens is 1. The number of amides is 1. The molecular formula is C17H16FNO4S. The largest absolute Gasteiger partial charge is 0.452 e. The minimum absolute atomic E-state index is 0.173. The number of nitrogens with one attached hydrogen (secondary N) is 1. The lowest BCUT2D eigenvalue weighted by molar-refractivity contribution is -0.119. The first-order chi connectivity index (χ1) is 11.5. The number of carbonyl (C=O) groups excluding carboxylic acids is 2. The fourth-order valence-corrected chi connectivity index (χ4v) is 2.87. The van der Waals surface area contributed by atoms with Gasteiger partial charge in [0.1, 0.15) is 5.82 Å². The summed E-state index contributed by atoms with van der Waals surface area (Å²) in [7, 11) is -1.31. The molecule has 2 aromatic carbocycles. The maximum Gasteiger partial charge on any atom is 0.339 e. The van der Waals surface area contributed by atoms with Crippen molar-refractivity contribution in [3.8, 4) is 0 Å². The van der Waals surface area contributed by atoms with Crippen LogP contribution in [0.2, 0.25) is 0 Å². The Morgan fingerprint density at radius 1 is 1.12 bits per heavy atom. The summed E-state index contributed by atoms with van der Waals surface area (Å²) in [6.45, 7) is 1.25. The summed E-state index contributed by atoms with van der Waals surface area (Å²) in [5.41, 5.74) is 0.567. The molecule has 0 bridgehead atoms. The second kappa shape index (κ2) is 8.35. The molecule has 0 spiro atoms. The lowest BCUT2D eigenvalue weighted by Crippen LogP contribution is -2.21. The SMILES string of the molecule is CC[S@](=O)c1ccccc1C(=O)OCC(=O)Nc1ccc(F)cc1. The number of anilines is 1. The average Bonchev–Trinajstić information content (AvgIpc) is 2.61. The van der Waals surface area contributed by atoms with Gasteiger partial charge in [0.2, 0.25) is 0 Å². The molecule has 2 aromatic rings. The van der Waals surface area contributed by atoms with Gasteiger partial charge in [0.25, 0.3) is 5.91 Å². The van der Waals surface area contributed by atoms with Gasteiger partial charge in [-0.3, -0.25) is 9.00 Å². The number of carbonyl (C=O) groups is 2. The van der Waals surface area contributed by atoms with Crippen molar-refractivity contribution >= 4 is 28.4 Å². The van der Waals surface area contributed by atoms with Gasteiger partial charge in [-0.05, 0) is 36.4 Å². The van der Waals surface area contributed by atoms with E-state index in [9.17, 15) is 18.2 Å². The summed E-state index contributed by atoms with van der Waals surface area (Å²) in [4.78, 5) is 24.2. The minimum atomic E-state index is -1.31. The van der Waals surface area contributed by atoms with Crippen LogP contribution >= 0.6 is 0 Å². The quantitative estimate of drug-likeness (QED) is 0.814. The lowest BCUT2D eigenvalue weighted by Gasteiger charge is -2.09. The minimum Gasteiger partial charge on any atom is -0.452 e. The van der Waals surface area contributed by atoms with E-state index in [2.05, 4.69) is 5.32 Å². The van der Waals surface area contributed by atoms with Crippen molar-refractivity contribution in [3.63, 3.8) is 0 Å². The monoisotopic (exact) mass is 349 g/mol. The van der Waals surface area contributed by atoms with E-state index < -0.39 is 35.1 Å². The molecule has 2 rings (SSSR count). The Hall–Kier alpha value is -2.54. The summed E-state index contributed by atoms with van der Waals surface area (Å²) in [5, 5.41) is 2.48. The van der Waals surface area contributed by atoms with Gasteiger partial charge in [0, 0.05) is 11.4 Å². The summed E-state index contributed by atoms with van der Waals surface area (Å²) in [6.07, 6.45) is 0. The third-order valence-corrected chi connectivity index (χ3v) is 4.45. The van der Waals surface area contributed by atoms with Crippen LogP contribution in [0.15, 0.2) is 53.4 Å². The molecule has 1 amide bonds. The molecule has 0 fully saturated rings. The van der Waals surface area contributed by atoms with E-state index in [1.54, 1.807) is 25.1 Å². The van der Waals surface area contributed by atoms with Gasteiger partial charge >= 0.3 is 5.97 Å². The van der Waals surface area contributed by atoms with Crippen LogP contribution in [0.4, 0.5) is 10.1 Å². The molecule has 1 N–H and O–H groups in total. The second-order valence-corrected chi connectivity index (χ2v) is 6.47. The molecule has 0 aliphatic rings. The summed E-state index contributed by atoms with van der Waals surface area (Å²) >= 11 is 0. The molecule has 0 aromatic heterocycles. The normalized spacial score (nSPS) is 11.6. The Morgan fingerprint density at radius 2 is 1.79 bits per heavy atom. The van der Waals surface area contributed by atoms with Crippen LogP contribution in [0.3, 0.4) is 0 Å². The maximum absolute atomic E-state index is 12.8.